The molecule has 1 heterocycles. The average Bonchev–Trinajstić information content (AvgIpc) is 2.82. The molecule has 1 rings (SSSR count). The number of hydrogen-bond donors (Lipinski definition) is 1. The molecule has 0 aromatic carbocycles. The number of methoxy groups -OCH3 is 1. The molecule has 1 unspecified atom stereocenters. The Morgan fingerprint density at radius 1 is 1.53 bits per heavy atom. The third-order valence-electron chi connectivity index (χ3n) is 2.89. The molecule has 0 saturated heterocycles. The molecular weight excluding hydrogens is 232 g/mol. The van der Waals surface area contributed by atoms with E-state index in [2.05, 4.69) is 41.6 Å². The van der Waals surface area contributed by atoms with Gasteiger partial charge in [0, 0.05) is 37.7 Å². The second-order valence-electron chi connectivity index (χ2n) is 4.19. The van der Waals surface area contributed by atoms with Crippen LogP contribution in [0.5, 0.6) is 0 Å². The number of nitrogens with zero attached hydrogens (tertiary/aromatic N) is 1. The van der Waals surface area contributed by atoms with Crippen LogP contribution >= 0.6 is 11.3 Å². The standard InChI is InChI=1S/C13H24N2OS/c1-4-15(12(2)11-16-3)8-7-14-10-13-6-5-9-17-13/h5-6,9,12,14H,4,7-8,10-11H2,1-3H3. The summed E-state index contributed by atoms with van der Waals surface area (Å²) in [6.45, 7) is 9.38. The van der Waals surface area contributed by atoms with Crippen molar-refractivity contribution < 1.29 is 4.74 Å². The van der Waals surface area contributed by atoms with Crippen molar-refractivity contribution in [2.45, 2.75) is 26.4 Å². The lowest BCUT2D eigenvalue weighted by Crippen LogP contribution is -2.40. The van der Waals surface area contributed by atoms with Crippen LogP contribution < -0.4 is 5.32 Å². The van der Waals surface area contributed by atoms with E-state index in [1.54, 1.807) is 18.4 Å². The van der Waals surface area contributed by atoms with Crippen LogP contribution in [0.15, 0.2) is 17.5 Å². The molecule has 0 radical (unpaired) electrons. The third kappa shape index (κ3) is 5.64. The van der Waals surface area contributed by atoms with Gasteiger partial charge in [-0.25, -0.2) is 0 Å². The van der Waals surface area contributed by atoms with Crippen LogP contribution in [0, 0.1) is 0 Å². The van der Waals surface area contributed by atoms with E-state index in [9.17, 15) is 0 Å². The fourth-order valence-electron chi connectivity index (χ4n) is 1.88. The van der Waals surface area contributed by atoms with Crippen molar-refractivity contribution in [2.24, 2.45) is 0 Å². The van der Waals surface area contributed by atoms with E-state index >= 15 is 0 Å². The van der Waals surface area contributed by atoms with E-state index in [1.165, 1.54) is 4.88 Å². The summed E-state index contributed by atoms with van der Waals surface area (Å²) >= 11 is 1.81. The van der Waals surface area contributed by atoms with Crippen LogP contribution in [0.1, 0.15) is 18.7 Å². The summed E-state index contributed by atoms with van der Waals surface area (Å²) < 4.78 is 5.19. The number of likely N-dealkylation sites (N-methyl/N-ethyl adjacent to an activating group) is 1. The summed E-state index contributed by atoms with van der Waals surface area (Å²) in [5.74, 6) is 0. The number of rotatable bonds is 9. The van der Waals surface area contributed by atoms with Crippen LogP contribution in [-0.2, 0) is 11.3 Å². The number of nitrogens with one attached hydrogen (secondary N) is 1. The van der Waals surface area contributed by atoms with E-state index in [4.69, 9.17) is 4.74 Å². The van der Waals surface area contributed by atoms with Gasteiger partial charge in [-0.15, -0.1) is 11.3 Å². The molecule has 1 atom stereocenters. The SMILES string of the molecule is CCN(CCNCc1cccs1)C(C)COC. The first-order chi connectivity index (χ1) is 8.27. The molecule has 3 nitrogen and oxygen atoms in total. The largest absolute Gasteiger partial charge is 0.383 e. The fraction of sp³-hybridized carbons (Fsp3) is 0.692. The lowest BCUT2D eigenvalue weighted by atomic mass is 10.3. The Bertz CT molecular complexity index is 277. The van der Waals surface area contributed by atoms with Crippen molar-refractivity contribution in [3.05, 3.63) is 22.4 Å². The molecule has 0 saturated carbocycles. The van der Waals surface area contributed by atoms with Crippen LogP contribution in [0.3, 0.4) is 0 Å². The van der Waals surface area contributed by atoms with E-state index in [-0.39, 0.29) is 0 Å². The van der Waals surface area contributed by atoms with Gasteiger partial charge < -0.3 is 10.1 Å². The Balaban J connectivity index is 2.15. The molecule has 0 aliphatic rings. The topological polar surface area (TPSA) is 24.5 Å². The summed E-state index contributed by atoms with van der Waals surface area (Å²) in [6.07, 6.45) is 0. The first-order valence-corrected chi connectivity index (χ1v) is 7.12. The Kier molecular flexibility index (Phi) is 7.44. The predicted molar refractivity (Wildman–Crippen MR) is 74.6 cm³/mol. The number of ether oxygens (including phenoxy) is 1. The third-order valence-corrected chi connectivity index (χ3v) is 3.77. The van der Waals surface area contributed by atoms with Gasteiger partial charge in [0.15, 0.2) is 0 Å². The van der Waals surface area contributed by atoms with Crippen molar-refractivity contribution in [1.82, 2.24) is 10.2 Å². The highest BCUT2D eigenvalue weighted by molar-refractivity contribution is 7.09. The monoisotopic (exact) mass is 256 g/mol. The molecule has 1 N–H and O–H groups in total. The maximum Gasteiger partial charge on any atom is 0.0615 e. The average molecular weight is 256 g/mol. The van der Waals surface area contributed by atoms with Crippen LogP contribution in [-0.4, -0.2) is 44.3 Å². The fourth-order valence-corrected chi connectivity index (χ4v) is 2.56. The van der Waals surface area contributed by atoms with Gasteiger partial charge in [0.1, 0.15) is 0 Å². The summed E-state index contributed by atoms with van der Waals surface area (Å²) in [6, 6.07) is 4.76. The Morgan fingerprint density at radius 2 is 2.35 bits per heavy atom. The van der Waals surface area contributed by atoms with Gasteiger partial charge in [0.25, 0.3) is 0 Å². The Hall–Kier alpha value is -0.420. The zero-order valence-electron chi connectivity index (χ0n) is 11.1. The molecule has 0 bridgehead atoms. The van der Waals surface area contributed by atoms with Crippen LogP contribution in [0.25, 0.3) is 0 Å². The van der Waals surface area contributed by atoms with E-state index in [0.717, 1.165) is 32.8 Å². The van der Waals surface area contributed by atoms with Crippen molar-refractivity contribution in [3.63, 3.8) is 0 Å². The summed E-state index contributed by atoms with van der Waals surface area (Å²) in [4.78, 5) is 3.84. The molecule has 0 aliphatic carbocycles. The van der Waals surface area contributed by atoms with Gasteiger partial charge in [0.05, 0.1) is 6.61 Å². The molecule has 0 aliphatic heterocycles. The van der Waals surface area contributed by atoms with Crippen molar-refractivity contribution >= 4 is 11.3 Å². The van der Waals surface area contributed by atoms with Gasteiger partial charge in [-0.2, -0.15) is 0 Å². The minimum absolute atomic E-state index is 0.494. The van der Waals surface area contributed by atoms with E-state index in [0.29, 0.717) is 6.04 Å². The molecule has 17 heavy (non-hydrogen) atoms. The minimum atomic E-state index is 0.494. The molecule has 1 aromatic rings. The van der Waals surface area contributed by atoms with Gasteiger partial charge in [-0.05, 0) is 24.9 Å². The first kappa shape index (κ1) is 14.6. The van der Waals surface area contributed by atoms with Gasteiger partial charge in [-0.3, -0.25) is 4.90 Å². The van der Waals surface area contributed by atoms with Crippen LogP contribution in [0.4, 0.5) is 0 Å². The minimum Gasteiger partial charge on any atom is -0.383 e. The quantitative estimate of drug-likeness (QED) is 0.686. The highest BCUT2D eigenvalue weighted by Crippen LogP contribution is 2.07. The number of thiophene rings is 1. The Labute approximate surface area is 109 Å². The summed E-state index contributed by atoms with van der Waals surface area (Å²) in [5, 5.41) is 5.60. The van der Waals surface area contributed by atoms with E-state index < -0.39 is 0 Å². The van der Waals surface area contributed by atoms with Crippen molar-refractivity contribution in [3.8, 4) is 0 Å². The zero-order chi connectivity index (χ0) is 12.5. The molecule has 0 amide bonds. The maximum atomic E-state index is 5.19. The van der Waals surface area contributed by atoms with Crippen LogP contribution in [0.2, 0.25) is 0 Å². The molecule has 98 valence electrons. The smallest absolute Gasteiger partial charge is 0.0615 e. The number of hydrogen-bond acceptors (Lipinski definition) is 4. The second kappa shape index (κ2) is 8.64. The van der Waals surface area contributed by atoms with E-state index in [1.807, 2.05) is 0 Å². The van der Waals surface area contributed by atoms with Crippen molar-refractivity contribution in [1.29, 1.82) is 0 Å². The summed E-state index contributed by atoms with van der Waals surface area (Å²) in [7, 11) is 1.76. The van der Waals surface area contributed by atoms with Gasteiger partial charge >= 0.3 is 0 Å². The molecule has 1 aromatic heterocycles. The highest BCUT2D eigenvalue weighted by Gasteiger charge is 2.10. The van der Waals surface area contributed by atoms with Crippen molar-refractivity contribution in [2.75, 3.05) is 33.4 Å². The normalized spacial score (nSPS) is 13.2. The molecule has 4 heteroatoms. The Morgan fingerprint density at radius 3 is 2.94 bits per heavy atom. The maximum absolute atomic E-state index is 5.19. The van der Waals surface area contributed by atoms with Gasteiger partial charge in [-0.1, -0.05) is 13.0 Å². The first-order valence-electron chi connectivity index (χ1n) is 6.24. The highest BCUT2D eigenvalue weighted by atomic mass is 32.1. The molecule has 0 spiro atoms. The lowest BCUT2D eigenvalue weighted by Gasteiger charge is -2.27. The predicted octanol–water partition coefficient (Wildman–Crippen LogP) is 2.19. The lowest BCUT2D eigenvalue weighted by molar-refractivity contribution is 0.103. The molecule has 0 fully saturated rings. The zero-order valence-corrected chi connectivity index (χ0v) is 11.9. The summed E-state index contributed by atoms with van der Waals surface area (Å²) in [5.41, 5.74) is 0. The van der Waals surface area contributed by atoms with Gasteiger partial charge in [0.2, 0.25) is 0 Å². The second-order valence-corrected chi connectivity index (χ2v) is 5.22. The molecular formula is C13H24N2OS.